The molecule has 3 heterocycles. The highest BCUT2D eigenvalue weighted by molar-refractivity contribution is 7.08. The average Bonchev–Trinajstić information content (AvgIpc) is 3.09. The number of carbonyl (C=O) groups is 1. The van der Waals surface area contributed by atoms with Crippen LogP contribution in [-0.4, -0.2) is 42.0 Å². The highest BCUT2D eigenvalue weighted by atomic mass is 32.1. The monoisotopic (exact) mass is 301 g/mol. The summed E-state index contributed by atoms with van der Waals surface area (Å²) < 4.78 is 0. The maximum Gasteiger partial charge on any atom is 0.254 e. The van der Waals surface area contributed by atoms with Gasteiger partial charge < -0.3 is 9.80 Å². The molecule has 0 aliphatic carbocycles. The molecular weight excluding hydrogens is 282 g/mol. The Balaban J connectivity index is 1.70. The quantitative estimate of drug-likeness (QED) is 0.874. The molecule has 1 aliphatic heterocycles. The van der Waals surface area contributed by atoms with Crippen molar-refractivity contribution in [2.45, 2.75) is 18.9 Å². The number of thiophene rings is 1. The molecule has 110 valence electrons. The molecule has 4 nitrogen and oxygen atoms in total. The summed E-state index contributed by atoms with van der Waals surface area (Å²) in [7, 11) is 1.91. The van der Waals surface area contributed by atoms with Crippen molar-refractivity contribution in [1.82, 2.24) is 9.88 Å². The number of hydrogen-bond donors (Lipinski definition) is 0. The van der Waals surface area contributed by atoms with Gasteiger partial charge >= 0.3 is 0 Å². The van der Waals surface area contributed by atoms with E-state index in [0.717, 1.165) is 37.3 Å². The Labute approximate surface area is 129 Å². The zero-order chi connectivity index (χ0) is 14.7. The van der Waals surface area contributed by atoms with Crippen LogP contribution in [0.25, 0.3) is 0 Å². The van der Waals surface area contributed by atoms with E-state index in [1.165, 1.54) is 0 Å². The molecule has 0 N–H and O–H groups in total. The second-order valence-electron chi connectivity index (χ2n) is 5.36. The van der Waals surface area contributed by atoms with Crippen molar-refractivity contribution in [3.63, 3.8) is 0 Å². The van der Waals surface area contributed by atoms with Crippen molar-refractivity contribution in [2.24, 2.45) is 0 Å². The van der Waals surface area contributed by atoms with Crippen LogP contribution in [0, 0.1) is 0 Å². The summed E-state index contributed by atoms with van der Waals surface area (Å²) in [5.41, 5.74) is 0.789. The van der Waals surface area contributed by atoms with Gasteiger partial charge in [-0.3, -0.25) is 4.79 Å². The minimum absolute atomic E-state index is 0.115. The highest BCUT2D eigenvalue weighted by Gasteiger charge is 2.27. The number of nitrogens with zero attached hydrogens (tertiary/aromatic N) is 3. The molecule has 0 saturated carbocycles. The number of carbonyl (C=O) groups excluding carboxylic acids is 1. The molecule has 21 heavy (non-hydrogen) atoms. The van der Waals surface area contributed by atoms with Crippen molar-refractivity contribution in [3.05, 3.63) is 46.8 Å². The number of pyridine rings is 1. The number of aromatic nitrogens is 1. The zero-order valence-electron chi connectivity index (χ0n) is 12.1. The Morgan fingerprint density at radius 1 is 1.43 bits per heavy atom. The number of hydrogen-bond acceptors (Lipinski definition) is 4. The lowest BCUT2D eigenvalue weighted by molar-refractivity contribution is 0.0718. The van der Waals surface area contributed by atoms with E-state index in [-0.39, 0.29) is 11.9 Å². The van der Waals surface area contributed by atoms with Crippen molar-refractivity contribution in [3.8, 4) is 0 Å². The fraction of sp³-hybridized carbons (Fsp3) is 0.375. The van der Waals surface area contributed by atoms with Crippen LogP contribution >= 0.6 is 11.3 Å². The van der Waals surface area contributed by atoms with E-state index < -0.39 is 0 Å². The minimum atomic E-state index is 0.115. The van der Waals surface area contributed by atoms with Crippen molar-refractivity contribution in [2.75, 3.05) is 25.0 Å². The van der Waals surface area contributed by atoms with Gasteiger partial charge in [0.25, 0.3) is 5.91 Å². The summed E-state index contributed by atoms with van der Waals surface area (Å²) in [4.78, 5) is 21.0. The Bertz CT molecular complexity index is 585. The van der Waals surface area contributed by atoms with E-state index in [1.807, 2.05) is 53.2 Å². The Morgan fingerprint density at radius 2 is 2.33 bits per heavy atom. The Morgan fingerprint density at radius 3 is 3.05 bits per heavy atom. The smallest absolute Gasteiger partial charge is 0.254 e. The van der Waals surface area contributed by atoms with Gasteiger partial charge in [-0.1, -0.05) is 6.07 Å². The van der Waals surface area contributed by atoms with Gasteiger partial charge in [0.1, 0.15) is 5.82 Å². The fourth-order valence-corrected chi connectivity index (χ4v) is 3.41. The lowest BCUT2D eigenvalue weighted by Gasteiger charge is -2.38. The predicted molar refractivity (Wildman–Crippen MR) is 85.9 cm³/mol. The van der Waals surface area contributed by atoms with E-state index in [9.17, 15) is 4.79 Å². The third kappa shape index (κ3) is 3.08. The van der Waals surface area contributed by atoms with Gasteiger partial charge in [-0.25, -0.2) is 4.98 Å². The number of rotatable bonds is 3. The first-order valence-corrected chi connectivity index (χ1v) is 8.15. The van der Waals surface area contributed by atoms with E-state index in [0.29, 0.717) is 0 Å². The van der Waals surface area contributed by atoms with Crippen molar-refractivity contribution >= 4 is 23.1 Å². The maximum atomic E-state index is 12.4. The summed E-state index contributed by atoms with van der Waals surface area (Å²) in [5.74, 6) is 1.11. The topological polar surface area (TPSA) is 36.4 Å². The van der Waals surface area contributed by atoms with Crippen molar-refractivity contribution < 1.29 is 4.79 Å². The van der Waals surface area contributed by atoms with E-state index in [2.05, 4.69) is 9.88 Å². The van der Waals surface area contributed by atoms with E-state index in [4.69, 9.17) is 0 Å². The van der Waals surface area contributed by atoms with Crippen LogP contribution in [0.2, 0.25) is 0 Å². The molecule has 0 radical (unpaired) electrons. The molecule has 3 rings (SSSR count). The second-order valence-corrected chi connectivity index (χ2v) is 6.14. The first kappa shape index (κ1) is 14.1. The molecular formula is C16H19N3OS. The van der Waals surface area contributed by atoms with Gasteiger partial charge in [-0.05, 0) is 36.4 Å². The van der Waals surface area contributed by atoms with Crippen LogP contribution in [0.1, 0.15) is 23.2 Å². The summed E-state index contributed by atoms with van der Waals surface area (Å²) in [6.07, 6.45) is 3.96. The molecule has 0 bridgehead atoms. The van der Waals surface area contributed by atoms with Crippen LogP contribution in [0.15, 0.2) is 41.2 Å². The first-order chi connectivity index (χ1) is 10.3. The lowest BCUT2D eigenvalue weighted by Crippen LogP contribution is -2.48. The Kier molecular flexibility index (Phi) is 4.20. The zero-order valence-corrected chi connectivity index (χ0v) is 12.9. The molecule has 1 amide bonds. The Hall–Kier alpha value is -1.88. The molecule has 1 fully saturated rings. The van der Waals surface area contributed by atoms with Gasteiger partial charge in [0.15, 0.2) is 0 Å². The molecule has 0 spiro atoms. The summed E-state index contributed by atoms with van der Waals surface area (Å²) >= 11 is 1.56. The number of likely N-dealkylation sites (N-methyl/N-ethyl adjacent to an activating group) is 1. The third-order valence-corrected chi connectivity index (χ3v) is 4.69. The number of amides is 1. The van der Waals surface area contributed by atoms with Crippen LogP contribution in [0.4, 0.5) is 5.82 Å². The SMILES string of the molecule is CN(C(=O)c1ccsc1)[C@@H]1CCCN(c2ccccn2)C1. The highest BCUT2D eigenvalue weighted by Crippen LogP contribution is 2.21. The first-order valence-electron chi connectivity index (χ1n) is 7.21. The largest absolute Gasteiger partial charge is 0.355 e. The average molecular weight is 301 g/mol. The van der Waals surface area contributed by atoms with E-state index in [1.54, 1.807) is 11.3 Å². The molecule has 2 aromatic rings. The van der Waals surface area contributed by atoms with Crippen LogP contribution < -0.4 is 4.90 Å². The minimum Gasteiger partial charge on any atom is -0.355 e. The molecule has 5 heteroatoms. The molecule has 1 saturated heterocycles. The molecule has 0 aromatic carbocycles. The normalized spacial score (nSPS) is 18.5. The maximum absolute atomic E-state index is 12.4. The van der Waals surface area contributed by atoms with Crippen LogP contribution in [-0.2, 0) is 0 Å². The van der Waals surface area contributed by atoms with Crippen LogP contribution in [0.3, 0.4) is 0 Å². The van der Waals surface area contributed by atoms with Gasteiger partial charge in [0.2, 0.25) is 0 Å². The molecule has 2 aromatic heterocycles. The number of piperidine rings is 1. The summed E-state index contributed by atoms with van der Waals surface area (Å²) in [6.45, 7) is 1.86. The molecule has 0 unspecified atom stereocenters. The van der Waals surface area contributed by atoms with Gasteiger partial charge in [-0.2, -0.15) is 11.3 Å². The summed E-state index contributed by atoms with van der Waals surface area (Å²) in [5, 5.41) is 3.86. The molecule has 1 atom stereocenters. The molecule has 1 aliphatic rings. The standard InChI is InChI=1S/C16H19N3OS/c1-18(16(20)13-7-10-21-12-13)14-5-4-9-19(11-14)15-6-2-3-8-17-15/h2-3,6-8,10,12,14H,4-5,9,11H2,1H3/t14-/m1/s1. The van der Waals surface area contributed by atoms with Gasteiger partial charge in [0.05, 0.1) is 5.56 Å². The van der Waals surface area contributed by atoms with Gasteiger partial charge in [-0.15, -0.1) is 0 Å². The lowest BCUT2D eigenvalue weighted by atomic mass is 10.0. The van der Waals surface area contributed by atoms with Crippen LogP contribution in [0.5, 0.6) is 0 Å². The third-order valence-electron chi connectivity index (χ3n) is 4.01. The number of anilines is 1. The predicted octanol–water partition coefficient (Wildman–Crippen LogP) is 2.88. The second kappa shape index (κ2) is 6.26. The van der Waals surface area contributed by atoms with Gasteiger partial charge in [0, 0.05) is 37.8 Å². The fourth-order valence-electron chi connectivity index (χ4n) is 2.78. The van der Waals surface area contributed by atoms with E-state index >= 15 is 0 Å². The van der Waals surface area contributed by atoms with Crippen molar-refractivity contribution in [1.29, 1.82) is 0 Å². The summed E-state index contributed by atoms with van der Waals surface area (Å²) in [6, 6.07) is 8.10.